The number of halogens is 1. The van der Waals surface area contributed by atoms with Gasteiger partial charge in [0.1, 0.15) is 16.9 Å². The second-order valence-corrected chi connectivity index (χ2v) is 7.13. The Morgan fingerprint density at radius 1 is 1.03 bits per heavy atom. The normalized spacial score (nSPS) is 14.2. The quantitative estimate of drug-likeness (QED) is 0.548. The van der Waals surface area contributed by atoms with Crippen molar-refractivity contribution in [2.45, 2.75) is 0 Å². The highest BCUT2D eigenvalue weighted by Gasteiger charge is 2.19. The number of rotatable bonds is 3. The largest absolute Gasteiger partial charge is 0.367 e. The standard InChI is InChI=1S/C22H19FN6O/c23-18-12-15(11-14-3-4-25-13-17(14)18)28-22(30)16-1-2-19(29-9-7-24-8-10-29)21-20(16)26-5-6-27-21/h1-6,11-13,24H,7-10H2,(H,28,30). The lowest BCUT2D eigenvalue weighted by Gasteiger charge is -2.30. The van der Waals surface area contributed by atoms with Crippen LogP contribution in [0.4, 0.5) is 15.8 Å². The fourth-order valence-corrected chi connectivity index (χ4v) is 3.81. The summed E-state index contributed by atoms with van der Waals surface area (Å²) in [6.45, 7) is 3.52. The minimum atomic E-state index is -0.436. The smallest absolute Gasteiger partial charge is 0.257 e. The first kappa shape index (κ1) is 18.4. The van der Waals surface area contributed by atoms with Gasteiger partial charge in [0.15, 0.2) is 0 Å². The summed E-state index contributed by atoms with van der Waals surface area (Å²) in [4.78, 5) is 28.1. The predicted molar refractivity (Wildman–Crippen MR) is 114 cm³/mol. The Kier molecular flexibility index (Phi) is 4.68. The van der Waals surface area contributed by atoms with Crippen LogP contribution in [0.5, 0.6) is 0 Å². The molecule has 1 aliphatic rings. The second-order valence-electron chi connectivity index (χ2n) is 7.13. The first-order chi connectivity index (χ1) is 14.7. The second kappa shape index (κ2) is 7.64. The summed E-state index contributed by atoms with van der Waals surface area (Å²) in [6.07, 6.45) is 6.26. The van der Waals surface area contributed by atoms with Crippen molar-refractivity contribution in [1.29, 1.82) is 0 Å². The van der Waals surface area contributed by atoms with E-state index in [1.54, 1.807) is 36.8 Å². The van der Waals surface area contributed by atoms with Gasteiger partial charge < -0.3 is 15.5 Å². The van der Waals surface area contributed by atoms with Crippen LogP contribution in [-0.2, 0) is 0 Å². The third-order valence-corrected chi connectivity index (χ3v) is 5.27. The molecule has 0 bridgehead atoms. The third-order valence-electron chi connectivity index (χ3n) is 5.27. The van der Waals surface area contributed by atoms with E-state index in [0.29, 0.717) is 33.1 Å². The molecule has 0 unspecified atom stereocenters. The molecule has 8 heteroatoms. The summed E-state index contributed by atoms with van der Waals surface area (Å²) in [7, 11) is 0. The van der Waals surface area contributed by atoms with Gasteiger partial charge in [0.05, 0.1) is 11.3 Å². The Bertz CT molecular complexity index is 1260. The van der Waals surface area contributed by atoms with Gasteiger partial charge in [0.25, 0.3) is 5.91 Å². The maximum absolute atomic E-state index is 14.4. The molecule has 2 aromatic heterocycles. The van der Waals surface area contributed by atoms with Crippen LogP contribution in [0.3, 0.4) is 0 Å². The van der Waals surface area contributed by atoms with Gasteiger partial charge in [0, 0.05) is 62.0 Å². The molecule has 0 aliphatic carbocycles. The molecule has 7 nitrogen and oxygen atoms in total. The predicted octanol–water partition coefficient (Wildman–Crippen LogP) is 2.98. The first-order valence-electron chi connectivity index (χ1n) is 9.75. The van der Waals surface area contributed by atoms with Gasteiger partial charge >= 0.3 is 0 Å². The van der Waals surface area contributed by atoms with E-state index in [9.17, 15) is 9.18 Å². The number of amides is 1. The summed E-state index contributed by atoms with van der Waals surface area (Å²) in [5.74, 6) is -0.797. The third kappa shape index (κ3) is 3.31. The number of piperazine rings is 1. The van der Waals surface area contributed by atoms with Crippen molar-refractivity contribution >= 4 is 39.1 Å². The molecule has 0 radical (unpaired) electrons. The first-order valence-corrected chi connectivity index (χ1v) is 9.75. The maximum atomic E-state index is 14.4. The summed E-state index contributed by atoms with van der Waals surface area (Å²) in [6, 6.07) is 8.39. The minimum absolute atomic E-state index is 0.361. The molecule has 2 aromatic carbocycles. The monoisotopic (exact) mass is 402 g/mol. The van der Waals surface area contributed by atoms with E-state index >= 15 is 0 Å². The van der Waals surface area contributed by atoms with Crippen molar-refractivity contribution < 1.29 is 9.18 Å². The van der Waals surface area contributed by atoms with Crippen LogP contribution in [-0.4, -0.2) is 47.0 Å². The highest BCUT2D eigenvalue weighted by Crippen LogP contribution is 2.28. The highest BCUT2D eigenvalue weighted by molar-refractivity contribution is 6.13. The van der Waals surface area contributed by atoms with Crippen LogP contribution in [0, 0.1) is 5.82 Å². The van der Waals surface area contributed by atoms with Crippen LogP contribution in [0.15, 0.2) is 55.1 Å². The van der Waals surface area contributed by atoms with Crippen LogP contribution >= 0.6 is 0 Å². The number of carbonyl (C=O) groups excluding carboxylic acids is 1. The topological polar surface area (TPSA) is 83.0 Å². The number of nitrogens with zero attached hydrogens (tertiary/aromatic N) is 4. The van der Waals surface area contributed by atoms with Crippen LogP contribution < -0.4 is 15.5 Å². The van der Waals surface area contributed by atoms with Crippen LogP contribution in [0.2, 0.25) is 0 Å². The Hall–Kier alpha value is -3.65. The highest BCUT2D eigenvalue weighted by atomic mass is 19.1. The lowest BCUT2D eigenvalue weighted by molar-refractivity contribution is 0.102. The number of benzene rings is 2. The average molecular weight is 402 g/mol. The summed E-state index contributed by atoms with van der Waals surface area (Å²) in [5, 5.41) is 7.20. The van der Waals surface area contributed by atoms with Crippen molar-refractivity contribution in [3.8, 4) is 0 Å². The molecule has 0 saturated carbocycles. The molecule has 5 rings (SSSR count). The number of hydrogen-bond acceptors (Lipinski definition) is 6. The zero-order chi connectivity index (χ0) is 20.5. The van der Waals surface area contributed by atoms with E-state index in [1.165, 1.54) is 12.3 Å². The fourth-order valence-electron chi connectivity index (χ4n) is 3.81. The Morgan fingerprint density at radius 3 is 2.67 bits per heavy atom. The summed E-state index contributed by atoms with van der Waals surface area (Å²) < 4.78 is 14.4. The molecule has 1 amide bonds. The van der Waals surface area contributed by atoms with E-state index < -0.39 is 5.82 Å². The molecular weight excluding hydrogens is 383 g/mol. The van der Waals surface area contributed by atoms with Crippen LogP contribution in [0.25, 0.3) is 21.8 Å². The van der Waals surface area contributed by atoms with E-state index in [1.807, 2.05) is 6.07 Å². The van der Waals surface area contributed by atoms with Crippen molar-refractivity contribution in [1.82, 2.24) is 20.3 Å². The van der Waals surface area contributed by atoms with E-state index in [4.69, 9.17) is 0 Å². The molecule has 0 atom stereocenters. The van der Waals surface area contributed by atoms with Gasteiger partial charge in [-0.15, -0.1) is 0 Å². The van der Waals surface area contributed by atoms with Crippen molar-refractivity contribution in [3.63, 3.8) is 0 Å². The molecule has 2 N–H and O–H groups in total. The minimum Gasteiger partial charge on any atom is -0.367 e. The van der Waals surface area contributed by atoms with Gasteiger partial charge in [-0.1, -0.05) is 0 Å². The van der Waals surface area contributed by atoms with E-state index in [0.717, 1.165) is 31.9 Å². The number of anilines is 2. The van der Waals surface area contributed by atoms with Gasteiger partial charge in [-0.05, 0) is 35.7 Å². The lowest BCUT2D eigenvalue weighted by atomic mass is 10.1. The van der Waals surface area contributed by atoms with Crippen molar-refractivity contribution in [2.24, 2.45) is 0 Å². The van der Waals surface area contributed by atoms with Gasteiger partial charge in [0.2, 0.25) is 0 Å². The molecule has 4 aromatic rings. The maximum Gasteiger partial charge on any atom is 0.257 e. The summed E-state index contributed by atoms with van der Waals surface area (Å²) >= 11 is 0. The fraction of sp³-hybridized carbons (Fsp3) is 0.182. The van der Waals surface area contributed by atoms with Gasteiger partial charge in [-0.3, -0.25) is 19.7 Å². The zero-order valence-electron chi connectivity index (χ0n) is 16.1. The van der Waals surface area contributed by atoms with E-state index in [2.05, 4.69) is 30.5 Å². The number of fused-ring (bicyclic) bond motifs is 2. The molecule has 1 saturated heterocycles. The van der Waals surface area contributed by atoms with Gasteiger partial charge in [-0.25, -0.2) is 4.39 Å². The SMILES string of the molecule is O=C(Nc1cc(F)c2cnccc2c1)c1ccc(N2CCNCC2)c2nccnc12. The number of pyridine rings is 1. The lowest BCUT2D eigenvalue weighted by Crippen LogP contribution is -2.43. The molecule has 1 fully saturated rings. The Morgan fingerprint density at radius 2 is 1.83 bits per heavy atom. The van der Waals surface area contributed by atoms with E-state index in [-0.39, 0.29) is 5.91 Å². The average Bonchev–Trinajstić information content (AvgIpc) is 2.79. The Labute approximate surface area is 172 Å². The molecule has 3 heterocycles. The number of hydrogen-bond donors (Lipinski definition) is 2. The van der Waals surface area contributed by atoms with Crippen molar-refractivity contribution in [2.75, 3.05) is 36.4 Å². The Balaban J connectivity index is 1.51. The zero-order valence-corrected chi connectivity index (χ0v) is 16.1. The molecule has 150 valence electrons. The molecule has 30 heavy (non-hydrogen) atoms. The number of nitrogens with one attached hydrogen (secondary N) is 2. The van der Waals surface area contributed by atoms with Gasteiger partial charge in [-0.2, -0.15) is 0 Å². The number of carbonyl (C=O) groups is 1. The number of aromatic nitrogens is 3. The molecule has 0 spiro atoms. The van der Waals surface area contributed by atoms with Crippen molar-refractivity contribution in [3.05, 3.63) is 66.5 Å². The molecular formula is C22H19FN6O. The summed E-state index contributed by atoms with van der Waals surface area (Å²) in [5.41, 5.74) is 2.94. The molecule has 1 aliphatic heterocycles. The van der Waals surface area contributed by atoms with Crippen LogP contribution in [0.1, 0.15) is 10.4 Å².